The number of fused-ring (bicyclic) bond motifs is 3. The molecule has 2 N–H and O–H groups in total. The summed E-state index contributed by atoms with van der Waals surface area (Å²) in [5.74, 6) is -0.875. The largest absolute Gasteiger partial charge is 0.451 e. The minimum absolute atomic E-state index is 0.126. The van der Waals surface area contributed by atoms with E-state index in [1.807, 2.05) is 12.1 Å². The number of aromatic amines is 1. The van der Waals surface area contributed by atoms with E-state index in [0.29, 0.717) is 17.0 Å². The Balaban J connectivity index is 1.45. The number of Topliss-reactive ketones (excluding diaryl/α,β-unsaturated/α-hetero) is 1. The number of esters is 1. The van der Waals surface area contributed by atoms with Gasteiger partial charge in [-0.25, -0.2) is 4.79 Å². The Morgan fingerprint density at radius 3 is 2.77 bits per heavy atom. The molecule has 4 rings (SSSR count). The number of hydrogen-bond acceptors (Lipinski definition) is 5. The van der Waals surface area contributed by atoms with Gasteiger partial charge in [-0.05, 0) is 68.5 Å². The number of ketones is 1. The molecule has 0 radical (unpaired) electrons. The fourth-order valence-corrected chi connectivity index (χ4v) is 4.80. The summed E-state index contributed by atoms with van der Waals surface area (Å²) in [6.45, 7) is 3.41. The lowest BCUT2D eigenvalue weighted by atomic mass is 9.95. The number of thiophene rings is 1. The first kappa shape index (κ1) is 20.3. The second-order valence-corrected chi connectivity index (χ2v) is 8.81. The quantitative estimate of drug-likeness (QED) is 0.459. The molecule has 0 aliphatic heterocycles. The molecule has 6 nitrogen and oxygen atoms in total. The number of nitrogens with one attached hydrogen (secondary N) is 2. The second kappa shape index (κ2) is 8.44. The standard InChI is InChI=1S/C23H24N2O4S/c1-13(22(27)21-10-8-16(30-21)12-24-14(2)26)29-23(28)15-7-9-20-18(11-15)17-5-3-4-6-19(17)25-20/h7-11,13,25H,3-6,12H2,1-2H3,(H,24,26). The highest BCUT2D eigenvalue weighted by Gasteiger charge is 2.23. The number of carbonyl (C=O) groups excluding carboxylic acids is 3. The number of amides is 1. The predicted octanol–water partition coefficient (Wildman–Crippen LogP) is 4.17. The lowest BCUT2D eigenvalue weighted by Gasteiger charge is -2.12. The van der Waals surface area contributed by atoms with Gasteiger partial charge in [0.15, 0.2) is 6.10 Å². The van der Waals surface area contributed by atoms with E-state index >= 15 is 0 Å². The second-order valence-electron chi connectivity index (χ2n) is 7.64. The zero-order valence-electron chi connectivity index (χ0n) is 17.0. The van der Waals surface area contributed by atoms with Gasteiger partial charge in [0.05, 0.1) is 17.0 Å². The molecule has 156 valence electrons. The Labute approximate surface area is 178 Å². The van der Waals surface area contributed by atoms with E-state index in [1.165, 1.54) is 35.9 Å². The highest BCUT2D eigenvalue weighted by Crippen LogP contribution is 2.30. The molecule has 1 atom stereocenters. The summed E-state index contributed by atoms with van der Waals surface area (Å²) in [6, 6.07) is 9.01. The zero-order valence-corrected chi connectivity index (χ0v) is 17.9. The Morgan fingerprint density at radius 1 is 1.17 bits per heavy atom. The lowest BCUT2D eigenvalue weighted by Crippen LogP contribution is -2.23. The van der Waals surface area contributed by atoms with Crippen molar-refractivity contribution in [2.45, 2.75) is 52.2 Å². The van der Waals surface area contributed by atoms with Crippen molar-refractivity contribution in [3.63, 3.8) is 0 Å². The van der Waals surface area contributed by atoms with Crippen LogP contribution in [-0.2, 0) is 28.9 Å². The zero-order chi connectivity index (χ0) is 21.3. The van der Waals surface area contributed by atoms with Gasteiger partial charge in [-0.15, -0.1) is 11.3 Å². The van der Waals surface area contributed by atoms with Crippen molar-refractivity contribution >= 4 is 39.9 Å². The summed E-state index contributed by atoms with van der Waals surface area (Å²) in [5.41, 5.74) is 4.04. The molecule has 1 aromatic carbocycles. The first-order chi connectivity index (χ1) is 14.4. The minimum atomic E-state index is -0.888. The monoisotopic (exact) mass is 424 g/mol. The predicted molar refractivity (Wildman–Crippen MR) is 116 cm³/mol. The number of carbonyl (C=O) groups is 3. The van der Waals surface area contributed by atoms with Gasteiger partial charge < -0.3 is 15.0 Å². The third-order valence-electron chi connectivity index (χ3n) is 5.40. The molecular formula is C23H24N2O4S. The van der Waals surface area contributed by atoms with Crippen LogP contribution >= 0.6 is 11.3 Å². The molecule has 3 aromatic rings. The fourth-order valence-electron chi connectivity index (χ4n) is 3.83. The number of rotatable bonds is 6. The van der Waals surface area contributed by atoms with Gasteiger partial charge in [-0.3, -0.25) is 9.59 Å². The van der Waals surface area contributed by atoms with E-state index in [-0.39, 0.29) is 11.7 Å². The van der Waals surface area contributed by atoms with Crippen LogP contribution in [0.5, 0.6) is 0 Å². The van der Waals surface area contributed by atoms with Crippen molar-refractivity contribution < 1.29 is 19.1 Å². The van der Waals surface area contributed by atoms with Crippen LogP contribution in [0.25, 0.3) is 10.9 Å². The van der Waals surface area contributed by atoms with Crippen molar-refractivity contribution in [2.75, 3.05) is 0 Å². The number of ether oxygens (including phenoxy) is 1. The Morgan fingerprint density at radius 2 is 1.97 bits per heavy atom. The van der Waals surface area contributed by atoms with Crippen LogP contribution in [0.1, 0.15) is 62.9 Å². The van der Waals surface area contributed by atoms with Gasteiger partial charge in [-0.2, -0.15) is 0 Å². The minimum Gasteiger partial charge on any atom is -0.451 e. The number of aromatic nitrogens is 1. The SMILES string of the molecule is CC(=O)NCc1ccc(C(=O)C(C)OC(=O)c2ccc3[nH]c4c(c3c2)CCCC4)s1. The van der Waals surface area contributed by atoms with Crippen molar-refractivity contribution in [2.24, 2.45) is 0 Å². The third-order valence-corrected chi connectivity index (χ3v) is 6.50. The first-order valence-electron chi connectivity index (χ1n) is 10.1. The summed E-state index contributed by atoms with van der Waals surface area (Å²) >= 11 is 1.29. The topological polar surface area (TPSA) is 88.3 Å². The molecule has 0 saturated carbocycles. The van der Waals surface area contributed by atoms with Gasteiger partial charge in [0.1, 0.15) is 0 Å². The highest BCUT2D eigenvalue weighted by atomic mass is 32.1. The molecule has 0 saturated heterocycles. The molecule has 7 heteroatoms. The molecule has 2 heterocycles. The molecule has 1 aliphatic carbocycles. The molecule has 0 bridgehead atoms. The molecule has 1 aliphatic rings. The van der Waals surface area contributed by atoms with Crippen LogP contribution in [0.3, 0.4) is 0 Å². The molecule has 1 unspecified atom stereocenters. The maximum Gasteiger partial charge on any atom is 0.338 e. The maximum atomic E-state index is 12.7. The smallest absolute Gasteiger partial charge is 0.338 e. The summed E-state index contributed by atoms with van der Waals surface area (Å²) in [7, 11) is 0. The summed E-state index contributed by atoms with van der Waals surface area (Å²) < 4.78 is 5.47. The van der Waals surface area contributed by atoms with E-state index in [1.54, 1.807) is 25.1 Å². The van der Waals surface area contributed by atoms with Gasteiger partial charge >= 0.3 is 5.97 Å². The van der Waals surface area contributed by atoms with Gasteiger partial charge in [-0.1, -0.05) is 0 Å². The molecule has 1 amide bonds. The Bertz CT molecular complexity index is 1130. The fraction of sp³-hybridized carbons (Fsp3) is 0.348. The number of aryl methyl sites for hydroxylation is 2. The van der Waals surface area contributed by atoms with Crippen LogP contribution in [0, 0.1) is 0 Å². The average molecular weight is 425 g/mol. The molecular weight excluding hydrogens is 400 g/mol. The van der Waals surface area contributed by atoms with Crippen LogP contribution < -0.4 is 5.32 Å². The van der Waals surface area contributed by atoms with Crippen molar-refractivity contribution in [1.82, 2.24) is 10.3 Å². The summed E-state index contributed by atoms with van der Waals surface area (Å²) in [5, 5.41) is 3.77. The molecule has 2 aromatic heterocycles. The van der Waals surface area contributed by atoms with E-state index in [2.05, 4.69) is 10.3 Å². The molecule has 0 fully saturated rings. The lowest BCUT2D eigenvalue weighted by molar-refractivity contribution is -0.119. The van der Waals surface area contributed by atoms with E-state index in [0.717, 1.165) is 35.0 Å². The number of hydrogen-bond donors (Lipinski definition) is 2. The van der Waals surface area contributed by atoms with Crippen LogP contribution in [0.2, 0.25) is 0 Å². The molecule has 0 spiro atoms. The van der Waals surface area contributed by atoms with Crippen LogP contribution in [0.4, 0.5) is 0 Å². The van der Waals surface area contributed by atoms with Gasteiger partial charge in [0, 0.05) is 28.4 Å². The molecule has 30 heavy (non-hydrogen) atoms. The van der Waals surface area contributed by atoms with E-state index in [4.69, 9.17) is 4.74 Å². The third kappa shape index (κ3) is 4.16. The average Bonchev–Trinajstić information content (AvgIpc) is 3.35. The van der Waals surface area contributed by atoms with Crippen molar-refractivity contribution in [3.05, 3.63) is 56.9 Å². The van der Waals surface area contributed by atoms with Crippen molar-refractivity contribution in [3.8, 4) is 0 Å². The Kier molecular flexibility index (Phi) is 5.72. The number of H-pyrrole nitrogens is 1. The highest BCUT2D eigenvalue weighted by molar-refractivity contribution is 7.14. The summed E-state index contributed by atoms with van der Waals surface area (Å²) in [4.78, 5) is 41.2. The van der Waals surface area contributed by atoms with Crippen LogP contribution in [0.15, 0.2) is 30.3 Å². The van der Waals surface area contributed by atoms with Crippen LogP contribution in [-0.4, -0.2) is 28.7 Å². The maximum absolute atomic E-state index is 12.7. The Hall–Kier alpha value is -2.93. The van der Waals surface area contributed by atoms with E-state index in [9.17, 15) is 14.4 Å². The normalized spacial score (nSPS) is 14.2. The summed E-state index contributed by atoms with van der Waals surface area (Å²) in [6.07, 6.45) is 3.51. The first-order valence-corrected chi connectivity index (χ1v) is 11.0. The number of benzene rings is 1. The van der Waals surface area contributed by atoms with Gasteiger partial charge in [0.2, 0.25) is 11.7 Å². The van der Waals surface area contributed by atoms with E-state index < -0.39 is 12.1 Å². The van der Waals surface area contributed by atoms with Crippen molar-refractivity contribution in [1.29, 1.82) is 0 Å². The van der Waals surface area contributed by atoms with Gasteiger partial charge in [0.25, 0.3) is 0 Å².